The quantitative estimate of drug-likeness (QED) is 0.601. The molecule has 0 fully saturated rings. The fourth-order valence-corrected chi connectivity index (χ4v) is 3.10. The normalized spacial score (nSPS) is 10.4. The van der Waals surface area contributed by atoms with Gasteiger partial charge in [-0.3, -0.25) is 4.79 Å². The van der Waals surface area contributed by atoms with Crippen LogP contribution in [0.4, 0.5) is 17.2 Å². The van der Waals surface area contributed by atoms with Crippen LogP contribution in [-0.4, -0.2) is 29.2 Å². The average Bonchev–Trinajstić information content (AvgIpc) is 2.76. The number of hydrogen-bond donors (Lipinski definition) is 2. The molecular formula is C23H27N5O. The number of aromatic nitrogens is 2. The molecule has 0 aliphatic heterocycles. The van der Waals surface area contributed by atoms with Crippen LogP contribution in [0.15, 0.2) is 60.7 Å². The maximum atomic E-state index is 12.3. The minimum absolute atomic E-state index is 0.243. The number of carbonyl (C=O) groups is 1. The molecule has 0 atom stereocenters. The molecule has 2 aromatic carbocycles. The Bertz CT molecular complexity index is 937. The van der Waals surface area contributed by atoms with E-state index in [2.05, 4.69) is 58.6 Å². The largest absolute Gasteiger partial charge is 0.372 e. The highest BCUT2D eigenvalue weighted by molar-refractivity contribution is 5.92. The molecule has 150 valence electrons. The average molecular weight is 390 g/mol. The molecule has 6 heteroatoms. The Morgan fingerprint density at radius 3 is 2.34 bits per heavy atom. The van der Waals surface area contributed by atoms with Crippen LogP contribution in [0.25, 0.3) is 0 Å². The lowest BCUT2D eigenvalue weighted by Crippen LogP contribution is -2.24. The third kappa shape index (κ3) is 5.31. The number of nitrogens with one attached hydrogen (secondary N) is 2. The molecule has 0 saturated heterocycles. The van der Waals surface area contributed by atoms with E-state index < -0.39 is 0 Å². The zero-order chi connectivity index (χ0) is 20.6. The summed E-state index contributed by atoms with van der Waals surface area (Å²) in [6.07, 6.45) is 0. The minimum atomic E-state index is -0.243. The van der Waals surface area contributed by atoms with Gasteiger partial charge in [-0.05, 0) is 62.2 Å². The number of rotatable bonds is 8. The predicted octanol–water partition coefficient (Wildman–Crippen LogP) is 4.30. The standard InChI is InChI=1S/C23H27N5O/c1-4-28(5-2)19-11-12-20(17(3)15-19)25-22-14-13-21(26-27-22)23(29)24-16-18-9-7-6-8-10-18/h6-15H,4-5,16H2,1-3H3,(H,24,29)(H,25,27). The minimum Gasteiger partial charge on any atom is -0.372 e. The van der Waals surface area contributed by atoms with Crippen LogP contribution in [0.3, 0.4) is 0 Å². The molecule has 0 radical (unpaired) electrons. The maximum Gasteiger partial charge on any atom is 0.272 e. The smallest absolute Gasteiger partial charge is 0.272 e. The van der Waals surface area contributed by atoms with Crippen molar-refractivity contribution in [1.29, 1.82) is 0 Å². The van der Waals surface area contributed by atoms with E-state index in [-0.39, 0.29) is 5.91 Å². The first-order valence-electron chi connectivity index (χ1n) is 9.89. The topological polar surface area (TPSA) is 70.2 Å². The van der Waals surface area contributed by atoms with E-state index in [1.165, 1.54) is 5.69 Å². The Balaban J connectivity index is 1.62. The molecule has 0 saturated carbocycles. The van der Waals surface area contributed by atoms with Crippen molar-refractivity contribution >= 4 is 23.1 Å². The molecule has 1 amide bonds. The van der Waals surface area contributed by atoms with E-state index in [1.807, 2.05) is 36.4 Å². The molecule has 3 rings (SSSR count). The number of amides is 1. The van der Waals surface area contributed by atoms with Crippen molar-refractivity contribution in [2.75, 3.05) is 23.3 Å². The summed E-state index contributed by atoms with van der Waals surface area (Å²) < 4.78 is 0. The van der Waals surface area contributed by atoms with Crippen molar-refractivity contribution in [3.05, 3.63) is 77.5 Å². The lowest BCUT2D eigenvalue weighted by Gasteiger charge is -2.22. The molecule has 1 aromatic heterocycles. The van der Waals surface area contributed by atoms with Crippen LogP contribution in [0.5, 0.6) is 0 Å². The lowest BCUT2D eigenvalue weighted by atomic mass is 10.1. The Labute approximate surface area is 172 Å². The van der Waals surface area contributed by atoms with Crippen LogP contribution in [0, 0.1) is 6.92 Å². The second kappa shape index (κ2) is 9.68. The number of carbonyl (C=O) groups excluding carboxylic acids is 1. The van der Waals surface area contributed by atoms with Crippen LogP contribution >= 0.6 is 0 Å². The van der Waals surface area contributed by atoms with Gasteiger partial charge in [-0.2, -0.15) is 0 Å². The van der Waals surface area contributed by atoms with Crippen molar-refractivity contribution in [3.8, 4) is 0 Å². The molecule has 6 nitrogen and oxygen atoms in total. The van der Waals surface area contributed by atoms with E-state index >= 15 is 0 Å². The van der Waals surface area contributed by atoms with Crippen LogP contribution in [-0.2, 0) is 6.54 Å². The SMILES string of the molecule is CCN(CC)c1ccc(Nc2ccc(C(=O)NCc3ccccc3)nn2)c(C)c1. The summed E-state index contributed by atoms with van der Waals surface area (Å²) in [6, 6.07) is 19.5. The molecule has 0 unspecified atom stereocenters. The van der Waals surface area contributed by atoms with E-state index in [1.54, 1.807) is 12.1 Å². The lowest BCUT2D eigenvalue weighted by molar-refractivity contribution is 0.0945. The van der Waals surface area contributed by atoms with E-state index in [9.17, 15) is 4.79 Å². The number of anilines is 3. The fraction of sp³-hybridized carbons (Fsp3) is 0.261. The zero-order valence-corrected chi connectivity index (χ0v) is 17.1. The third-order valence-corrected chi connectivity index (χ3v) is 4.79. The van der Waals surface area contributed by atoms with Crippen LogP contribution in [0.1, 0.15) is 35.5 Å². The van der Waals surface area contributed by atoms with Crippen molar-refractivity contribution < 1.29 is 4.79 Å². The van der Waals surface area contributed by atoms with E-state index in [0.29, 0.717) is 18.1 Å². The zero-order valence-electron chi connectivity index (χ0n) is 17.1. The summed E-state index contributed by atoms with van der Waals surface area (Å²) in [7, 11) is 0. The van der Waals surface area contributed by atoms with Gasteiger partial charge in [-0.15, -0.1) is 10.2 Å². The second-order valence-electron chi connectivity index (χ2n) is 6.77. The van der Waals surface area contributed by atoms with Gasteiger partial charge in [0.2, 0.25) is 0 Å². The summed E-state index contributed by atoms with van der Waals surface area (Å²) in [5.41, 5.74) is 4.63. The van der Waals surface area contributed by atoms with Gasteiger partial charge in [-0.1, -0.05) is 30.3 Å². The monoisotopic (exact) mass is 389 g/mol. The highest BCUT2D eigenvalue weighted by Crippen LogP contribution is 2.24. The first kappa shape index (κ1) is 20.3. The Kier molecular flexibility index (Phi) is 6.79. The highest BCUT2D eigenvalue weighted by atomic mass is 16.1. The summed E-state index contributed by atoms with van der Waals surface area (Å²) in [5, 5.41) is 14.3. The van der Waals surface area contributed by atoms with Gasteiger partial charge in [0.1, 0.15) is 0 Å². The molecule has 1 heterocycles. The van der Waals surface area contributed by atoms with Crippen LogP contribution in [0.2, 0.25) is 0 Å². The molecule has 29 heavy (non-hydrogen) atoms. The van der Waals surface area contributed by atoms with Gasteiger partial charge in [-0.25, -0.2) is 0 Å². The first-order chi connectivity index (χ1) is 14.1. The van der Waals surface area contributed by atoms with Crippen molar-refractivity contribution in [3.63, 3.8) is 0 Å². The molecule has 3 aromatic rings. The Morgan fingerprint density at radius 1 is 0.966 bits per heavy atom. The Morgan fingerprint density at radius 2 is 1.72 bits per heavy atom. The molecule has 0 bridgehead atoms. The molecule has 0 aliphatic rings. The number of benzene rings is 2. The van der Waals surface area contributed by atoms with E-state index in [0.717, 1.165) is 29.9 Å². The summed E-state index contributed by atoms with van der Waals surface area (Å²) in [6.45, 7) is 8.77. The van der Waals surface area contributed by atoms with Gasteiger partial charge in [0, 0.05) is 31.0 Å². The molecule has 0 aliphatic carbocycles. The number of hydrogen-bond acceptors (Lipinski definition) is 5. The second-order valence-corrected chi connectivity index (χ2v) is 6.77. The number of nitrogens with zero attached hydrogens (tertiary/aromatic N) is 3. The van der Waals surface area contributed by atoms with Crippen molar-refractivity contribution in [1.82, 2.24) is 15.5 Å². The predicted molar refractivity (Wildman–Crippen MR) is 118 cm³/mol. The highest BCUT2D eigenvalue weighted by Gasteiger charge is 2.09. The van der Waals surface area contributed by atoms with Gasteiger partial charge in [0.15, 0.2) is 11.5 Å². The summed E-state index contributed by atoms with van der Waals surface area (Å²) in [5.74, 6) is 0.357. The van der Waals surface area contributed by atoms with Gasteiger partial charge in [0.25, 0.3) is 5.91 Å². The fourth-order valence-electron chi connectivity index (χ4n) is 3.10. The number of aryl methyl sites for hydroxylation is 1. The molecular weight excluding hydrogens is 362 g/mol. The molecule has 2 N–H and O–H groups in total. The van der Waals surface area contributed by atoms with Crippen molar-refractivity contribution in [2.24, 2.45) is 0 Å². The molecule has 0 spiro atoms. The van der Waals surface area contributed by atoms with Crippen molar-refractivity contribution in [2.45, 2.75) is 27.3 Å². The van der Waals surface area contributed by atoms with Crippen LogP contribution < -0.4 is 15.5 Å². The summed E-state index contributed by atoms with van der Waals surface area (Å²) in [4.78, 5) is 14.6. The van der Waals surface area contributed by atoms with Gasteiger partial charge in [0.05, 0.1) is 0 Å². The van der Waals surface area contributed by atoms with Gasteiger partial charge < -0.3 is 15.5 Å². The summed E-state index contributed by atoms with van der Waals surface area (Å²) >= 11 is 0. The Hall–Kier alpha value is -3.41. The first-order valence-corrected chi connectivity index (χ1v) is 9.89. The van der Waals surface area contributed by atoms with Gasteiger partial charge >= 0.3 is 0 Å². The third-order valence-electron chi connectivity index (χ3n) is 4.79. The maximum absolute atomic E-state index is 12.3. The van der Waals surface area contributed by atoms with E-state index in [4.69, 9.17) is 0 Å².